The molecule has 1 N–H and O–H groups in total. The van der Waals surface area contributed by atoms with Crippen LogP contribution in [0.3, 0.4) is 0 Å². The van der Waals surface area contributed by atoms with E-state index in [1.807, 2.05) is 12.1 Å². The molecule has 3 unspecified atom stereocenters. The third-order valence-corrected chi connectivity index (χ3v) is 5.94. The molecule has 0 fully saturated rings. The van der Waals surface area contributed by atoms with E-state index in [0.717, 1.165) is 27.9 Å². The molecule has 0 radical (unpaired) electrons. The molecule has 4 heteroatoms. The molecule has 1 heterocycles. The Bertz CT molecular complexity index is 787. The Morgan fingerprint density at radius 3 is 2.74 bits per heavy atom. The van der Waals surface area contributed by atoms with Crippen LogP contribution >= 0.6 is 39.1 Å². The lowest BCUT2D eigenvalue weighted by Gasteiger charge is -2.42. The van der Waals surface area contributed by atoms with Crippen LogP contribution in [0.4, 0.5) is 5.69 Å². The minimum absolute atomic E-state index is 0.211. The Balaban J connectivity index is 1.83. The van der Waals surface area contributed by atoms with Crippen LogP contribution in [-0.4, -0.2) is 0 Å². The van der Waals surface area contributed by atoms with Gasteiger partial charge in [-0.15, -0.1) is 0 Å². The summed E-state index contributed by atoms with van der Waals surface area (Å²) in [4.78, 5) is 0. The normalized spacial score (nSPS) is 25.4. The molecule has 1 aliphatic carbocycles. The zero-order valence-electron chi connectivity index (χ0n) is 12.4. The maximum Gasteiger partial charge on any atom is 0.0565 e. The highest BCUT2D eigenvalue weighted by atomic mass is 79.9. The van der Waals surface area contributed by atoms with Crippen molar-refractivity contribution in [1.82, 2.24) is 0 Å². The van der Waals surface area contributed by atoms with E-state index in [0.29, 0.717) is 16.9 Å². The first kappa shape index (κ1) is 15.6. The molecule has 2 aromatic carbocycles. The second kappa shape index (κ2) is 6.16. The lowest BCUT2D eigenvalue weighted by Crippen LogP contribution is -2.32. The lowest BCUT2D eigenvalue weighted by atomic mass is 9.71. The minimum atomic E-state index is 0.211. The van der Waals surface area contributed by atoms with E-state index in [-0.39, 0.29) is 6.04 Å². The number of nitrogens with one attached hydrogen (secondary N) is 1. The molecule has 4 rings (SSSR count). The molecular formula is C19H16BrCl2N. The summed E-state index contributed by atoms with van der Waals surface area (Å²) in [5, 5.41) is 5.14. The summed E-state index contributed by atoms with van der Waals surface area (Å²) in [6.07, 6.45) is 6.94. The van der Waals surface area contributed by atoms with Gasteiger partial charge in [0.25, 0.3) is 0 Å². The quantitative estimate of drug-likeness (QED) is 0.502. The van der Waals surface area contributed by atoms with Crippen LogP contribution in [0.25, 0.3) is 0 Å². The van der Waals surface area contributed by atoms with Crippen molar-refractivity contribution in [3.63, 3.8) is 0 Å². The maximum atomic E-state index is 6.50. The molecule has 23 heavy (non-hydrogen) atoms. The van der Waals surface area contributed by atoms with Crippen molar-refractivity contribution in [1.29, 1.82) is 0 Å². The second-order valence-electron chi connectivity index (χ2n) is 6.21. The Morgan fingerprint density at radius 2 is 1.91 bits per heavy atom. The summed E-state index contributed by atoms with van der Waals surface area (Å²) in [6.45, 7) is 0. The summed E-state index contributed by atoms with van der Waals surface area (Å²) in [7, 11) is 0. The first-order valence-electron chi connectivity index (χ1n) is 7.81. The van der Waals surface area contributed by atoms with E-state index in [2.05, 4.69) is 57.7 Å². The van der Waals surface area contributed by atoms with Crippen molar-refractivity contribution in [2.24, 2.45) is 5.92 Å². The second-order valence-corrected chi connectivity index (χ2v) is 7.97. The zero-order valence-corrected chi connectivity index (χ0v) is 15.5. The number of allylic oxidation sites excluding steroid dienone is 2. The maximum absolute atomic E-state index is 6.50. The number of rotatable bonds is 1. The van der Waals surface area contributed by atoms with E-state index in [1.54, 1.807) is 0 Å². The number of anilines is 1. The number of fused-ring (bicyclic) bond motifs is 3. The van der Waals surface area contributed by atoms with Crippen molar-refractivity contribution in [3.8, 4) is 0 Å². The molecule has 2 aliphatic rings. The van der Waals surface area contributed by atoms with Crippen LogP contribution in [0.15, 0.2) is 53.0 Å². The number of halogens is 3. The summed E-state index contributed by atoms with van der Waals surface area (Å²) in [5.41, 5.74) is 3.69. The van der Waals surface area contributed by atoms with E-state index >= 15 is 0 Å². The van der Waals surface area contributed by atoms with Gasteiger partial charge in [-0.3, -0.25) is 0 Å². The summed E-state index contributed by atoms with van der Waals surface area (Å²) >= 11 is 16.2. The first-order chi connectivity index (χ1) is 11.1. The smallest absolute Gasteiger partial charge is 0.0565 e. The van der Waals surface area contributed by atoms with Crippen LogP contribution in [0.2, 0.25) is 10.0 Å². The van der Waals surface area contributed by atoms with Gasteiger partial charge in [0, 0.05) is 26.1 Å². The van der Waals surface area contributed by atoms with E-state index in [4.69, 9.17) is 23.2 Å². The van der Waals surface area contributed by atoms with Gasteiger partial charge in [-0.2, -0.15) is 0 Å². The molecule has 118 valence electrons. The van der Waals surface area contributed by atoms with Crippen molar-refractivity contribution < 1.29 is 0 Å². The van der Waals surface area contributed by atoms with Gasteiger partial charge in [0.05, 0.1) is 6.04 Å². The number of hydrogen-bond acceptors (Lipinski definition) is 1. The van der Waals surface area contributed by atoms with Gasteiger partial charge >= 0.3 is 0 Å². The van der Waals surface area contributed by atoms with Crippen molar-refractivity contribution in [2.45, 2.75) is 24.8 Å². The van der Waals surface area contributed by atoms with E-state index < -0.39 is 0 Å². The highest BCUT2D eigenvalue weighted by Gasteiger charge is 2.37. The van der Waals surface area contributed by atoms with Gasteiger partial charge in [-0.25, -0.2) is 0 Å². The molecule has 0 bridgehead atoms. The molecule has 0 spiro atoms. The number of hydrogen-bond donors (Lipinski definition) is 1. The minimum Gasteiger partial charge on any atom is -0.378 e. The highest BCUT2D eigenvalue weighted by Crippen LogP contribution is 2.50. The largest absolute Gasteiger partial charge is 0.378 e. The molecule has 0 saturated heterocycles. The van der Waals surface area contributed by atoms with Crippen LogP contribution in [0.5, 0.6) is 0 Å². The van der Waals surface area contributed by atoms with Crippen molar-refractivity contribution in [2.75, 3.05) is 5.32 Å². The van der Waals surface area contributed by atoms with Gasteiger partial charge in [0.2, 0.25) is 0 Å². The average molecular weight is 409 g/mol. The molecular weight excluding hydrogens is 393 g/mol. The summed E-state index contributed by atoms with van der Waals surface area (Å²) < 4.78 is 1.12. The third-order valence-electron chi connectivity index (χ3n) is 4.88. The third kappa shape index (κ3) is 2.82. The first-order valence-corrected chi connectivity index (χ1v) is 9.36. The predicted molar refractivity (Wildman–Crippen MR) is 102 cm³/mol. The van der Waals surface area contributed by atoms with Crippen molar-refractivity contribution in [3.05, 3.63) is 74.2 Å². The standard InChI is InChI=1S/C19H16BrCl2N/c20-11-5-8-18-16(9-11)13-3-1-2-4-14(13)19(23-18)15-7-6-12(21)10-17(15)22/h1,3,5-10,13-14,19,23H,2,4H2. The summed E-state index contributed by atoms with van der Waals surface area (Å²) in [5.74, 6) is 0.926. The topological polar surface area (TPSA) is 12.0 Å². The molecule has 1 aliphatic heterocycles. The average Bonchev–Trinajstić information content (AvgIpc) is 2.55. The van der Waals surface area contributed by atoms with E-state index in [1.165, 1.54) is 11.3 Å². The molecule has 0 amide bonds. The highest BCUT2D eigenvalue weighted by molar-refractivity contribution is 9.10. The molecule has 2 aromatic rings. The van der Waals surface area contributed by atoms with Gasteiger partial charge in [0.1, 0.15) is 0 Å². The fraction of sp³-hybridized carbons (Fsp3) is 0.263. The monoisotopic (exact) mass is 407 g/mol. The van der Waals surface area contributed by atoms with Gasteiger partial charge in [0.15, 0.2) is 0 Å². The molecule has 0 aromatic heterocycles. The van der Waals surface area contributed by atoms with Gasteiger partial charge < -0.3 is 5.32 Å². The Hall–Kier alpha value is -0.960. The molecule has 3 atom stereocenters. The molecule has 1 nitrogen and oxygen atoms in total. The van der Waals surface area contributed by atoms with Gasteiger partial charge in [-0.05, 0) is 60.2 Å². The lowest BCUT2D eigenvalue weighted by molar-refractivity contribution is 0.363. The molecule has 0 saturated carbocycles. The fourth-order valence-corrected chi connectivity index (χ4v) is 4.74. The zero-order chi connectivity index (χ0) is 16.0. The van der Waals surface area contributed by atoms with Crippen LogP contribution in [0.1, 0.15) is 35.9 Å². The summed E-state index contributed by atoms with van der Waals surface area (Å²) in [6, 6.07) is 12.5. The van der Waals surface area contributed by atoms with Crippen LogP contribution in [-0.2, 0) is 0 Å². The SMILES string of the molecule is Clc1ccc(C2Nc3ccc(Br)cc3C3C=CCCC32)c(Cl)c1. The Labute approximate surface area is 154 Å². The number of benzene rings is 2. The van der Waals surface area contributed by atoms with Gasteiger partial charge in [-0.1, -0.05) is 57.4 Å². The predicted octanol–water partition coefficient (Wildman–Crippen LogP) is 6.97. The van der Waals surface area contributed by atoms with Crippen molar-refractivity contribution >= 4 is 44.8 Å². The van der Waals surface area contributed by atoms with E-state index in [9.17, 15) is 0 Å². The van der Waals surface area contributed by atoms with Crippen LogP contribution in [0, 0.1) is 5.92 Å². The Morgan fingerprint density at radius 1 is 1.04 bits per heavy atom. The Kier molecular flexibility index (Phi) is 4.17. The van der Waals surface area contributed by atoms with Crippen LogP contribution < -0.4 is 5.32 Å². The fourth-order valence-electron chi connectivity index (χ4n) is 3.84.